The van der Waals surface area contributed by atoms with Crippen LogP contribution in [0.4, 0.5) is 0 Å². The van der Waals surface area contributed by atoms with Gasteiger partial charge in [0.1, 0.15) is 0 Å². The van der Waals surface area contributed by atoms with E-state index in [2.05, 4.69) is 21.5 Å². The first-order valence-corrected chi connectivity index (χ1v) is 8.14. The third-order valence-corrected chi connectivity index (χ3v) is 3.60. The molecule has 0 atom stereocenters. The van der Waals surface area contributed by atoms with Crippen molar-refractivity contribution in [2.45, 2.75) is 26.5 Å². The molecule has 0 spiro atoms. The van der Waals surface area contributed by atoms with Gasteiger partial charge in [0, 0.05) is 5.56 Å². The molecule has 26 heavy (non-hydrogen) atoms. The maximum Gasteiger partial charge on any atom is 0.338 e. The van der Waals surface area contributed by atoms with E-state index in [1.165, 1.54) is 4.80 Å². The second-order valence-corrected chi connectivity index (χ2v) is 5.95. The molecule has 0 aliphatic rings. The highest BCUT2D eigenvalue weighted by molar-refractivity contribution is 5.90. The Hall–Kier alpha value is -3.53. The molecular formula is C19H17N5O2. The minimum Gasteiger partial charge on any atom is -0.459 e. The Bertz CT molecular complexity index is 972. The van der Waals surface area contributed by atoms with Gasteiger partial charge in [0.2, 0.25) is 5.82 Å². The fourth-order valence-electron chi connectivity index (χ4n) is 2.41. The Morgan fingerprint density at radius 1 is 1.23 bits per heavy atom. The first-order chi connectivity index (χ1) is 12.6. The molecule has 3 aromatic rings. The number of carbonyl (C=O) groups excluding carboxylic acids is 1. The van der Waals surface area contributed by atoms with Crippen LogP contribution in [0.2, 0.25) is 0 Å². The van der Waals surface area contributed by atoms with Crippen LogP contribution in [0.3, 0.4) is 0 Å². The molecule has 0 N–H and O–H groups in total. The van der Waals surface area contributed by atoms with Crippen molar-refractivity contribution in [3.63, 3.8) is 0 Å². The summed E-state index contributed by atoms with van der Waals surface area (Å²) < 4.78 is 5.21. The van der Waals surface area contributed by atoms with Gasteiger partial charge in [0.25, 0.3) is 0 Å². The Balaban J connectivity index is 1.82. The van der Waals surface area contributed by atoms with Crippen molar-refractivity contribution >= 4 is 5.97 Å². The first-order valence-electron chi connectivity index (χ1n) is 8.14. The standard InChI is InChI=1S/C19H17N5O2/c1-13(2)26-19(25)15-9-5-8-14(10-15)18-21-23-24(22-18)12-17-7-4-3-6-16(17)11-20/h3-10,13H,12H2,1-2H3. The summed E-state index contributed by atoms with van der Waals surface area (Å²) in [6.07, 6.45) is -0.189. The van der Waals surface area contributed by atoms with Crippen LogP contribution in [0.1, 0.15) is 35.3 Å². The lowest BCUT2D eigenvalue weighted by Crippen LogP contribution is -2.11. The third-order valence-electron chi connectivity index (χ3n) is 3.60. The second kappa shape index (κ2) is 7.57. The second-order valence-electron chi connectivity index (χ2n) is 5.95. The summed E-state index contributed by atoms with van der Waals surface area (Å²) in [6, 6.07) is 16.3. The molecule has 0 saturated carbocycles. The van der Waals surface area contributed by atoms with Crippen molar-refractivity contribution in [2.75, 3.05) is 0 Å². The van der Waals surface area contributed by atoms with Crippen LogP contribution < -0.4 is 0 Å². The molecule has 0 aliphatic heterocycles. The zero-order valence-corrected chi connectivity index (χ0v) is 14.5. The van der Waals surface area contributed by atoms with Crippen LogP contribution >= 0.6 is 0 Å². The molecule has 2 aromatic carbocycles. The predicted octanol–water partition coefficient (Wildman–Crippen LogP) is 2.83. The van der Waals surface area contributed by atoms with Crippen molar-refractivity contribution in [2.24, 2.45) is 0 Å². The van der Waals surface area contributed by atoms with E-state index in [1.807, 2.05) is 18.2 Å². The van der Waals surface area contributed by atoms with Crippen LogP contribution in [0, 0.1) is 11.3 Å². The number of aromatic nitrogens is 4. The highest BCUT2D eigenvalue weighted by atomic mass is 16.5. The highest BCUT2D eigenvalue weighted by Gasteiger charge is 2.13. The van der Waals surface area contributed by atoms with Gasteiger partial charge < -0.3 is 4.74 Å². The fourth-order valence-corrected chi connectivity index (χ4v) is 2.41. The maximum atomic E-state index is 12.0. The monoisotopic (exact) mass is 347 g/mol. The molecule has 0 unspecified atom stereocenters. The summed E-state index contributed by atoms with van der Waals surface area (Å²) in [4.78, 5) is 13.5. The Kier molecular flexibility index (Phi) is 5.04. The number of nitriles is 1. The number of benzene rings is 2. The van der Waals surface area contributed by atoms with Gasteiger partial charge in [-0.1, -0.05) is 30.3 Å². The Morgan fingerprint density at radius 3 is 2.81 bits per heavy atom. The van der Waals surface area contributed by atoms with Crippen molar-refractivity contribution in [3.8, 4) is 17.5 Å². The zero-order valence-electron chi connectivity index (χ0n) is 14.5. The van der Waals surface area contributed by atoms with E-state index >= 15 is 0 Å². The van der Waals surface area contributed by atoms with E-state index in [4.69, 9.17) is 10.00 Å². The fraction of sp³-hybridized carbons (Fsp3) is 0.211. The maximum absolute atomic E-state index is 12.0. The summed E-state index contributed by atoms with van der Waals surface area (Å²) in [5.41, 5.74) is 2.49. The largest absolute Gasteiger partial charge is 0.459 e. The lowest BCUT2D eigenvalue weighted by molar-refractivity contribution is 0.0378. The molecule has 0 amide bonds. The molecular weight excluding hydrogens is 330 g/mol. The van der Waals surface area contributed by atoms with Gasteiger partial charge in [-0.3, -0.25) is 0 Å². The van der Waals surface area contributed by atoms with Gasteiger partial charge in [0.15, 0.2) is 0 Å². The third kappa shape index (κ3) is 3.92. The Morgan fingerprint density at radius 2 is 2.04 bits per heavy atom. The van der Waals surface area contributed by atoms with Crippen molar-refractivity contribution in [3.05, 3.63) is 65.2 Å². The molecule has 7 heteroatoms. The van der Waals surface area contributed by atoms with E-state index < -0.39 is 5.97 Å². The molecule has 0 saturated heterocycles. The average molecular weight is 347 g/mol. The number of tetrazole rings is 1. The van der Waals surface area contributed by atoms with Gasteiger partial charge in [0.05, 0.1) is 29.8 Å². The molecule has 1 aromatic heterocycles. The molecule has 3 rings (SSSR count). The highest BCUT2D eigenvalue weighted by Crippen LogP contribution is 2.17. The summed E-state index contributed by atoms with van der Waals surface area (Å²) in [7, 11) is 0. The quantitative estimate of drug-likeness (QED) is 0.659. The number of hydrogen-bond donors (Lipinski definition) is 0. The Labute approximate surface area is 150 Å². The number of hydrogen-bond acceptors (Lipinski definition) is 6. The van der Waals surface area contributed by atoms with E-state index in [0.29, 0.717) is 29.1 Å². The summed E-state index contributed by atoms with van der Waals surface area (Å²) in [5, 5.41) is 21.6. The van der Waals surface area contributed by atoms with E-state index in [-0.39, 0.29) is 6.10 Å². The van der Waals surface area contributed by atoms with E-state index in [0.717, 1.165) is 5.56 Å². The van der Waals surface area contributed by atoms with Gasteiger partial charge in [-0.15, -0.1) is 10.2 Å². The molecule has 1 heterocycles. The van der Waals surface area contributed by atoms with Crippen LogP contribution in [0.5, 0.6) is 0 Å². The van der Waals surface area contributed by atoms with Crippen LogP contribution in [-0.2, 0) is 11.3 Å². The average Bonchev–Trinajstić information content (AvgIpc) is 3.10. The van der Waals surface area contributed by atoms with Crippen LogP contribution in [0.25, 0.3) is 11.4 Å². The molecule has 0 fully saturated rings. The topological polar surface area (TPSA) is 93.7 Å². The summed E-state index contributed by atoms with van der Waals surface area (Å²) in [5.74, 6) is 0.0100. The van der Waals surface area contributed by atoms with Crippen LogP contribution in [0.15, 0.2) is 48.5 Å². The summed E-state index contributed by atoms with van der Waals surface area (Å²) >= 11 is 0. The predicted molar refractivity (Wildman–Crippen MR) is 94.1 cm³/mol. The van der Waals surface area contributed by atoms with Gasteiger partial charge in [-0.25, -0.2) is 4.79 Å². The minimum absolute atomic E-state index is 0.189. The molecule has 0 radical (unpaired) electrons. The number of ether oxygens (including phenoxy) is 1. The smallest absolute Gasteiger partial charge is 0.338 e. The van der Waals surface area contributed by atoms with Crippen molar-refractivity contribution in [1.82, 2.24) is 20.2 Å². The lowest BCUT2D eigenvalue weighted by atomic mass is 10.1. The molecule has 130 valence electrons. The summed E-state index contributed by atoms with van der Waals surface area (Å²) in [6.45, 7) is 3.94. The zero-order chi connectivity index (χ0) is 18.5. The first kappa shape index (κ1) is 17.3. The SMILES string of the molecule is CC(C)OC(=O)c1cccc(-c2nnn(Cc3ccccc3C#N)n2)c1. The number of esters is 1. The number of carbonyl (C=O) groups is 1. The van der Waals surface area contributed by atoms with Crippen molar-refractivity contribution < 1.29 is 9.53 Å². The van der Waals surface area contributed by atoms with Gasteiger partial charge in [-0.2, -0.15) is 10.1 Å². The molecule has 7 nitrogen and oxygen atoms in total. The van der Waals surface area contributed by atoms with Gasteiger partial charge >= 0.3 is 5.97 Å². The van der Waals surface area contributed by atoms with Crippen molar-refractivity contribution in [1.29, 1.82) is 5.26 Å². The minimum atomic E-state index is -0.391. The van der Waals surface area contributed by atoms with Gasteiger partial charge in [-0.05, 0) is 42.8 Å². The number of rotatable bonds is 5. The lowest BCUT2D eigenvalue weighted by Gasteiger charge is -2.08. The van der Waals surface area contributed by atoms with E-state index in [9.17, 15) is 4.79 Å². The number of nitrogens with zero attached hydrogens (tertiary/aromatic N) is 5. The van der Waals surface area contributed by atoms with Crippen LogP contribution in [-0.4, -0.2) is 32.3 Å². The molecule has 0 bridgehead atoms. The molecule has 0 aliphatic carbocycles. The van der Waals surface area contributed by atoms with E-state index in [1.54, 1.807) is 44.2 Å². The normalized spacial score (nSPS) is 10.5.